The van der Waals surface area contributed by atoms with E-state index in [2.05, 4.69) is 22.1 Å². The highest BCUT2D eigenvalue weighted by molar-refractivity contribution is 6.24. The summed E-state index contributed by atoms with van der Waals surface area (Å²) in [5.74, 6) is -0.149. The van der Waals surface area contributed by atoms with Crippen molar-refractivity contribution in [2.45, 2.75) is 57.2 Å². The molecule has 186 valence electrons. The number of piperidine rings is 1. The number of aliphatic imine (C=N–C) groups is 1. The van der Waals surface area contributed by atoms with Crippen LogP contribution >= 0.6 is 0 Å². The van der Waals surface area contributed by atoms with Gasteiger partial charge in [-0.15, -0.1) is 0 Å². The molecule has 1 saturated heterocycles. The number of halogens is 3. The Hall–Kier alpha value is -2.87. The van der Waals surface area contributed by atoms with Crippen molar-refractivity contribution in [1.82, 2.24) is 4.90 Å². The lowest BCUT2D eigenvalue weighted by atomic mass is 9.70. The second-order valence-corrected chi connectivity index (χ2v) is 10.6. The Balaban J connectivity index is 1.34. The van der Waals surface area contributed by atoms with Crippen molar-refractivity contribution in [2.24, 2.45) is 16.1 Å². The normalized spacial score (nSPS) is 21.9. The highest BCUT2D eigenvalue weighted by atomic mass is 19.4. The van der Waals surface area contributed by atoms with Gasteiger partial charge in [-0.05, 0) is 66.0 Å². The Morgan fingerprint density at radius 2 is 1.91 bits per heavy atom. The van der Waals surface area contributed by atoms with Crippen molar-refractivity contribution in [3.05, 3.63) is 53.2 Å². The predicted molar refractivity (Wildman–Crippen MR) is 133 cm³/mol. The first-order chi connectivity index (χ1) is 16.6. The van der Waals surface area contributed by atoms with Gasteiger partial charge >= 0.3 is 6.18 Å². The summed E-state index contributed by atoms with van der Waals surface area (Å²) in [6.45, 7) is 3.87. The number of benzene rings is 2. The minimum absolute atomic E-state index is 0.0459. The predicted octanol–water partition coefficient (Wildman–Crippen LogP) is 5.45. The first-order valence-electron chi connectivity index (χ1n) is 12.2. The number of anilines is 1. The van der Waals surface area contributed by atoms with E-state index in [1.165, 1.54) is 18.8 Å². The van der Waals surface area contributed by atoms with Crippen LogP contribution in [0.5, 0.6) is 0 Å². The molecule has 1 aliphatic carbocycles. The van der Waals surface area contributed by atoms with Crippen LogP contribution in [0.1, 0.15) is 54.9 Å². The minimum Gasteiger partial charge on any atom is -0.404 e. The summed E-state index contributed by atoms with van der Waals surface area (Å²) in [7, 11) is 0. The molecule has 0 aromatic heterocycles. The van der Waals surface area contributed by atoms with Crippen molar-refractivity contribution < 1.29 is 18.0 Å². The third-order valence-electron chi connectivity index (χ3n) is 8.09. The van der Waals surface area contributed by atoms with Gasteiger partial charge in [0.2, 0.25) is 0 Å². The van der Waals surface area contributed by atoms with Crippen LogP contribution in [0.3, 0.4) is 0 Å². The molecule has 5 nitrogen and oxygen atoms in total. The molecular weight excluding hydrogens is 453 g/mol. The zero-order valence-corrected chi connectivity index (χ0v) is 19.9. The average Bonchev–Trinajstić information content (AvgIpc) is 3.14. The third kappa shape index (κ3) is 4.33. The number of carbonyl (C=O) groups is 1. The molecule has 3 aliphatic rings. The molecule has 2 fully saturated rings. The number of likely N-dealkylation sites (tertiary alicyclic amines) is 1. The lowest BCUT2D eigenvalue weighted by Gasteiger charge is -2.46. The summed E-state index contributed by atoms with van der Waals surface area (Å²) in [6, 6.07) is 9.20. The molecule has 1 saturated carbocycles. The van der Waals surface area contributed by atoms with Crippen LogP contribution in [0.2, 0.25) is 0 Å². The molecule has 0 unspecified atom stereocenters. The van der Waals surface area contributed by atoms with E-state index in [1.54, 1.807) is 6.07 Å². The van der Waals surface area contributed by atoms with Gasteiger partial charge in [0.1, 0.15) is 0 Å². The Labute approximate surface area is 203 Å². The second kappa shape index (κ2) is 8.66. The molecule has 2 aliphatic heterocycles. The van der Waals surface area contributed by atoms with E-state index in [-0.39, 0.29) is 24.2 Å². The van der Waals surface area contributed by atoms with Gasteiger partial charge in [-0.1, -0.05) is 31.5 Å². The van der Waals surface area contributed by atoms with E-state index in [4.69, 9.17) is 5.73 Å². The monoisotopic (exact) mass is 484 g/mol. The van der Waals surface area contributed by atoms with Crippen LogP contribution in [0.25, 0.3) is 10.8 Å². The van der Waals surface area contributed by atoms with Gasteiger partial charge in [0.25, 0.3) is 5.91 Å². The summed E-state index contributed by atoms with van der Waals surface area (Å²) in [5, 5.41) is 4.57. The van der Waals surface area contributed by atoms with E-state index in [0.717, 1.165) is 41.4 Å². The molecule has 2 aromatic rings. The van der Waals surface area contributed by atoms with Crippen molar-refractivity contribution in [3.8, 4) is 0 Å². The number of rotatable bonds is 6. The second-order valence-electron chi connectivity index (χ2n) is 10.6. The molecule has 3 N–H and O–H groups in total. The highest BCUT2D eigenvalue weighted by Crippen LogP contribution is 2.45. The summed E-state index contributed by atoms with van der Waals surface area (Å²) in [6.07, 6.45) is 1.95. The standard InChI is InChI=1S/C27H31F3N4O/c1-25(8-3-9-25)17-34-12-10-26(11-13-34,27(28,29)30)32-16-18(15-31)14-19-6-7-22-23-20(19)4-2-5-21(23)24(35)33-22/h2,4-7,15-16H,3,8-14,17,31H2,1H3,(H,33,35)/b18-15-,32-16?. The number of carbonyl (C=O) groups excluding carboxylic acids is 1. The van der Waals surface area contributed by atoms with Crippen LogP contribution in [-0.4, -0.2) is 48.4 Å². The number of nitrogens with zero attached hydrogens (tertiary/aromatic N) is 2. The molecule has 0 bridgehead atoms. The van der Waals surface area contributed by atoms with Crippen molar-refractivity contribution in [2.75, 3.05) is 25.0 Å². The first kappa shape index (κ1) is 23.9. The molecule has 8 heteroatoms. The van der Waals surface area contributed by atoms with Gasteiger partial charge in [-0.25, -0.2) is 0 Å². The zero-order chi connectivity index (χ0) is 24.8. The summed E-state index contributed by atoms with van der Waals surface area (Å²) in [4.78, 5) is 18.5. The fourth-order valence-corrected chi connectivity index (χ4v) is 5.72. The Morgan fingerprint density at radius 1 is 1.17 bits per heavy atom. The van der Waals surface area contributed by atoms with Gasteiger partial charge in [-0.2, -0.15) is 13.2 Å². The van der Waals surface area contributed by atoms with Crippen molar-refractivity contribution in [1.29, 1.82) is 0 Å². The van der Waals surface area contributed by atoms with Crippen LogP contribution in [0.4, 0.5) is 18.9 Å². The van der Waals surface area contributed by atoms with Gasteiger partial charge in [0.15, 0.2) is 5.54 Å². The molecule has 0 radical (unpaired) electrons. The number of hydrogen-bond acceptors (Lipinski definition) is 4. The maximum Gasteiger partial charge on any atom is 0.413 e. The number of alkyl halides is 3. The quantitative estimate of drug-likeness (QED) is 0.536. The Bertz CT molecular complexity index is 1200. The Kier molecular flexibility index (Phi) is 5.90. The highest BCUT2D eigenvalue weighted by Gasteiger charge is 2.56. The number of nitrogens with one attached hydrogen (secondary N) is 1. The molecule has 35 heavy (non-hydrogen) atoms. The summed E-state index contributed by atoms with van der Waals surface area (Å²) >= 11 is 0. The maximum atomic E-state index is 14.2. The molecule has 1 amide bonds. The van der Waals surface area contributed by atoms with Crippen LogP contribution in [-0.2, 0) is 6.42 Å². The van der Waals surface area contributed by atoms with E-state index in [9.17, 15) is 18.0 Å². The molecule has 0 atom stereocenters. The molecular formula is C27H31F3N4O. The van der Waals surface area contributed by atoms with E-state index < -0.39 is 11.7 Å². The Morgan fingerprint density at radius 3 is 2.54 bits per heavy atom. The number of nitrogens with two attached hydrogens (primary N) is 1. The smallest absolute Gasteiger partial charge is 0.404 e. The largest absolute Gasteiger partial charge is 0.413 e. The maximum absolute atomic E-state index is 14.2. The van der Waals surface area contributed by atoms with E-state index in [1.807, 2.05) is 24.3 Å². The van der Waals surface area contributed by atoms with Crippen molar-refractivity contribution >= 4 is 28.6 Å². The lowest BCUT2D eigenvalue weighted by molar-refractivity contribution is -0.196. The molecule has 2 aromatic carbocycles. The lowest BCUT2D eigenvalue weighted by Crippen LogP contribution is -2.54. The zero-order valence-electron chi connectivity index (χ0n) is 19.9. The first-order valence-corrected chi connectivity index (χ1v) is 12.2. The van der Waals surface area contributed by atoms with Gasteiger partial charge in [0.05, 0.1) is 0 Å². The molecule has 2 heterocycles. The van der Waals surface area contributed by atoms with Crippen LogP contribution < -0.4 is 11.1 Å². The van der Waals surface area contributed by atoms with Crippen LogP contribution in [0.15, 0.2) is 47.1 Å². The minimum atomic E-state index is -4.43. The van der Waals surface area contributed by atoms with Gasteiger partial charge < -0.3 is 16.0 Å². The SMILES string of the molecule is CC1(CN2CCC(N=C/C(=C\N)Cc3ccc4c5c(cccc35)C(=O)N4)(C(F)(F)F)CC2)CCC1. The van der Waals surface area contributed by atoms with Crippen LogP contribution in [0, 0.1) is 5.41 Å². The third-order valence-corrected chi connectivity index (χ3v) is 8.09. The number of amides is 1. The fourth-order valence-electron chi connectivity index (χ4n) is 5.72. The van der Waals surface area contributed by atoms with Gasteiger partial charge in [-0.3, -0.25) is 9.79 Å². The number of hydrogen-bond donors (Lipinski definition) is 2. The van der Waals surface area contributed by atoms with E-state index >= 15 is 0 Å². The topological polar surface area (TPSA) is 70.7 Å². The average molecular weight is 485 g/mol. The molecule has 0 spiro atoms. The fraction of sp³-hybridized carbons (Fsp3) is 0.481. The number of allylic oxidation sites excluding steroid dienone is 1. The molecule has 5 rings (SSSR count). The van der Waals surface area contributed by atoms with E-state index in [0.29, 0.717) is 30.6 Å². The summed E-state index contributed by atoms with van der Waals surface area (Å²) < 4.78 is 42.7. The van der Waals surface area contributed by atoms with Crippen molar-refractivity contribution in [3.63, 3.8) is 0 Å². The van der Waals surface area contributed by atoms with Gasteiger partial charge in [0, 0.05) is 48.9 Å². The summed E-state index contributed by atoms with van der Waals surface area (Å²) in [5.41, 5.74) is 6.73.